The van der Waals surface area contributed by atoms with Crippen molar-refractivity contribution in [2.45, 2.75) is 26.4 Å². The van der Waals surface area contributed by atoms with Gasteiger partial charge in [0.05, 0.1) is 0 Å². The fraction of sp³-hybridized carbons (Fsp3) is 0.455. The Bertz CT molecular complexity index is 312. The minimum absolute atomic E-state index is 0.236. The van der Waals surface area contributed by atoms with Gasteiger partial charge in [-0.15, -0.1) is 0 Å². The first kappa shape index (κ1) is 11.0. The first-order valence-corrected chi connectivity index (χ1v) is 4.69. The smallest absolute Gasteiger partial charge is 0.165 e. The maximum Gasteiger partial charge on any atom is 0.165 e. The molecule has 2 nitrogen and oxygen atoms in total. The van der Waals surface area contributed by atoms with Crippen molar-refractivity contribution in [1.82, 2.24) is 4.90 Å². The van der Waals surface area contributed by atoms with Gasteiger partial charge in [-0.3, -0.25) is 4.90 Å². The standard InChI is InChI=1S/C11H16FNO/c1-8(2)13(3)7-9-5-4-6-10(12)11(9)14/h4-6,8,14H,7H2,1-3H3. The molecule has 1 aromatic carbocycles. The zero-order valence-corrected chi connectivity index (χ0v) is 8.79. The van der Waals surface area contributed by atoms with Crippen LogP contribution in [0.4, 0.5) is 4.39 Å². The summed E-state index contributed by atoms with van der Waals surface area (Å²) in [5.74, 6) is -0.792. The van der Waals surface area contributed by atoms with Gasteiger partial charge in [-0.25, -0.2) is 4.39 Å². The van der Waals surface area contributed by atoms with Crippen LogP contribution < -0.4 is 0 Å². The van der Waals surface area contributed by atoms with Crippen molar-refractivity contribution in [3.05, 3.63) is 29.6 Å². The van der Waals surface area contributed by atoms with Crippen LogP contribution in [0.2, 0.25) is 0 Å². The van der Waals surface area contributed by atoms with E-state index < -0.39 is 5.82 Å². The third kappa shape index (κ3) is 2.45. The van der Waals surface area contributed by atoms with E-state index in [4.69, 9.17) is 0 Å². The molecule has 0 unspecified atom stereocenters. The monoisotopic (exact) mass is 197 g/mol. The molecule has 0 aliphatic rings. The average Bonchev–Trinajstić information content (AvgIpc) is 2.12. The summed E-state index contributed by atoms with van der Waals surface area (Å²) in [4.78, 5) is 2.04. The highest BCUT2D eigenvalue weighted by atomic mass is 19.1. The normalized spacial score (nSPS) is 11.3. The summed E-state index contributed by atoms with van der Waals surface area (Å²) in [5, 5.41) is 9.43. The molecule has 0 radical (unpaired) electrons. The molecule has 0 atom stereocenters. The first-order valence-electron chi connectivity index (χ1n) is 4.69. The summed E-state index contributed by atoms with van der Waals surface area (Å²) < 4.78 is 13.0. The number of hydrogen-bond donors (Lipinski definition) is 1. The number of halogens is 1. The SMILES string of the molecule is CC(C)N(C)Cc1cccc(F)c1O. The Morgan fingerprint density at radius 2 is 2.07 bits per heavy atom. The number of nitrogens with zero attached hydrogens (tertiary/aromatic N) is 1. The Labute approximate surface area is 84.0 Å². The van der Waals surface area contributed by atoms with Gasteiger partial charge in [-0.1, -0.05) is 12.1 Å². The van der Waals surface area contributed by atoms with Crippen LogP contribution in [0.1, 0.15) is 19.4 Å². The first-order chi connectivity index (χ1) is 6.52. The Balaban J connectivity index is 2.82. The molecule has 0 fully saturated rings. The Kier molecular flexibility index (Phi) is 3.47. The predicted octanol–water partition coefficient (Wildman–Crippen LogP) is 2.37. The minimum Gasteiger partial charge on any atom is -0.505 e. The van der Waals surface area contributed by atoms with E-state index in [2.05, 4.69) is 13.8 Å². The molecule has 0 aromatic heterocycles. The topological polar surface area (TPSA) is 23.5 Å². The quantitative estimate of drug-likeness (QED) is 0.804. The summed E-state index contributed by atoms with van der Waals surface area (Å²) >= 11 is 0. The number of phenols is 1. The number of rotatable bonds is 3. The van der Waals surface area contributed by atoms with Crippen LogP contribution in [-0.2, 0) is 6.54 Å². The highest BCUT2D eigenvalue weighted by molar-refractivity contribution is 5.33. The largest absolute Gasteiger partial charge is 0.505 e. The van der Waals surface area contributed by atoms with E-state index >= 15 is 0 Å². The summed E-state index contributed by atoms with van der Waals surface area (Å²) in [6.45, 7) is 4.66. The van der Waals surface area contributed by atoms with E-state index in [1.807, 2.05) is 11.9 Å². The molecular weight excluding hydrogens is 181 g/mol. The van der Waals surface area contributed by atoms with Gasteiger partial charge >= 0.3 is 0 Å². The zero-order valence-electron chi connectivity index (χ0n) is 8.79. The molecule has 0 spiro atoms. The van der Waals surface area contributed by atoms with Gasteiger partial charge in [0, 0.05) is 18.2 Å². The van der Waals surface area contributed by atoms with Gasteiger partial charge in [-0.2, -0.15) is 0 Å². The second-order valence-electron chi connectivity index (χ2n) is 3.76. The molecule has 78 valence electrons. The van der Waals surface area contributed by atoms with E-state index in [9.17, 15) is 9.50 Å². The van der Waals surface area contributed by atoms with Gasteiger partial charge in [0.25, 0.3) is 0 Å². The van der Waals surface area contributed by atoms with E-state index in [-0.39, 0.29) is 5.75 Å². The predicted molar refractivity (Wildman–Crippen MR) is 54.7 cm³/mol. The third-order valence-corrected chi connectivity index (χ3v) is 2.37. The molecule has 14 heavy (non-hydrogen) atoms. The molecule has 0 amide bonds. The molecule has 0 saturated carbocycles. The fourth-order valence-electron chi connectivity index (χ4n) is 1.14. The van der Waals surface area contributed by atoms with Crippen molar-refractivity contribution in [1.29, 1.82) is 0 Å². The molecule has 0 bridgehead atoms. The van der Waals surface area contributed by atoms with Crippen LogP contribution >= 0.6 is 0 Å². The molecule has 0 aliphatic carbocycles. The Hall–Kier alpha value is -1.09. The van der Waals surface area contributed by atoms with Crippen molar-refractivity contribution in [2.24, 2.45) is 0 Å². The van der Waals surface area contributed by atoms with Crippen LogP contribution in [0.3, 0.4) is 0 Å². The third-order valence-electron chi connectivity index (χ3n) is 2.37. The van der Waals surface area contributed by atoms with Crippen LogP contribution in [0.15, 0.2) is 18.2 Å². The van der Waals surface area contributed by atoms with Gasteiger partial charge < -0.3 is 5.11 Å². The molecule has 3 heteroatoms. The maximum atomic E-state index is 13.0. The molecule has 1 N–H and O–H groups in total. The van der Waals surface area contributed by atoms with Gasteiger partial charge in [-0.05, 0) is 27.0 Å². The van der Waals surface area contributed by atoms with Crippen molar-refractivity contribution in [2.75, 3.05) is 7.05 Å². The van der Waals surface area contributed by atoms with E-state index in [1.165, 1.54) is 6.07 Å². The van der Waals surface area contributed by atoms with Crippen molar-refractivity contribution < 1.29 is 9.50 Å². The van der Waals surface area contributed by atoms with Gasteiger partial charge in [0.1, 0.15) is 0 Å². The van der Waals surface area contributed by atoms with Crippen LogP contribution in [-0.4, -0.2) is 23.1 Å². The van der Waals surface area contributed by atoms with Crippen molar-refractivity contribution in [3.8, 4) is 5.75 Å². The number of para-hydroxylation sites is 1. The van der Waals surface area contributed by atoms with Crippen LogP contribution in [0.25, 0.3) is 0 Å². The Morgan fingerprint density at radius 1 is 1.43 bits per heavy atom. The molecule has 0 aliphatic heterocycles. The van der Waals surface area contributed by atoms with Crippen molar-refractivity contribution in [3.63, 3.8) is 0 Å². The molecular formula is C11H16FNO. The fourth-order valence-corrected chi connectivity index (χ4v) is 1.14. The van der Waals surface area contributed by atoms with Gasteiger partial charge in [0.15, 0.2) is 11.6 Å². The maximum absolute atomic E-state index is 13.0. The van der Waals surface area contributed by atoms with Crippen molar-refractivity contribution >= 4 is 0 Å². The number of benzene rings is 1. The lowest BCUT2D eigenvalue weighted by molar-refractivity contribution is 0.261. The molecule has 1 aromatic rings. The Morgan fingerprint density at radius 3 is 2.64 bits per heavy atom. The van der Waals surface area contributed by atoms with Crippen LogP contribution in [0.5, 0.6) is 5.75 Å². The van der Waals surface area contributed by atoms with E-state index in [0.717, 1.165) is 0 Å². The lowest BCUT2D eigenvalue weighted by Crippen LogP contribution is -2.25. The highest BCUT2D eigenvalue weighted by Crippen LogP contribution is 2.22. The number of hydrogen-bond acceptors (Lipinski definition) is 2. The molecule has 0 heterocycles. The summed E-state index contributed by atoms with van der Waals surface area (Å²) in [6, 6.07) is 4.97. The second kappa shape index (κ2) is 4.42. The minimum atomic E-state index is -0.556. The van der Waals surface area contributed by atoms with E-state index in [0.29, 0.717) is 18.2 Å². The van der Waals surface area contributed by atoms with Crippen LogP contribution in [0, 0.1) is 5.82 Å². The lowest BCUT2D eigenvalue weighted by Gasteiger charge is -2.21. The molecule has 0 saturated heterocycles. The highest BCUT2D eigenvalue weighted by Gasteiger charge is 2.10. The average molecular weight is 197 g/mol. The number of phenolic OH excluding ortho intramolecular Hbond substituents is 1. The lowest BCUT2D eigenvalue weighted by atomic mass is 10.1. The van der Waals surface area contributed by atoms with E-state index in [1.54, 1.807) is 12.1 Å². The summed E-state index contributed by atoms with van der Waals surface area (Å²) in [7, 11) is 1.94. The number of aromatic hydroxyl groups is 1. The second-order valence-corrected chi connectivity index (χ2v) is 3.76. The summed E-state index contributed by atoms with van der Waals surface area (Å²) in [5.41, 5.74) is 0.626. The summed E-state index contributed by atoms with van der Waals surface area (Å²) in [6.07, 6.45) is 0. The zero-order chi connectivity index (χ0) is 10.7. The molecule has 1 rings (SSSR count). The van der Waals surface area contributed by atoms with Gasteiger partial charge in [0.2, 0.25) is 0 Å².